The van der Waals surface area contributed by atoms with Crippen LogP contribution >= 0.6 is 0 Å². The van der Waals surface area contributed by atoms with Gasteiger partial charge in [0.25, 0.3) is 5.56 Å². The number of carboxylic acids is 1. The number of carbonyl (C=O) groups is 1. The number of fused-ring (bicyclic) bond motifs is 1. The molecule has 5 heteroatoms. The lowest BCUT2D eigenvalue weighted by atomic mass is 10.0. The fraction of sp³-hybridized carbons (Fsp3) is 0.200. The summed E-state index contributed by atoms with van der Waals surface area (Å²) in [7, 11) is 0. The van der Waals surface area contributed by atoms with Gasteiger partial charge in [0.1, 0.15) is 5.69 Å². The van der Waals surface area contributed by atoms with E-state index >= 15 is 0 Å². The van der Waals surface area contributed by atoms with Crippen LogP contribution in [0.4, 0.5) is 11.4 Å². The summed E-state index contributed by atoms with van der Waals surface area (Å²) in [6.45, 7) is 7.81. The third-order valence-electron chi connectivity index (χ3n) is 4.62. The molecular weight excluding hydrogens is 316 g/mol. The first-order valence-electron chi connectivity index (χ1n) is 8.02. The Morgan fingerprint density at radius 3 is 2.24 bits per heavy atom. The van der Waals surface area contributed by atoms with Crippen LogP contribution in [0, 0.1) is 27.7 Å². The molecule has 2 aromatic carbocycles. The molecule has 3 N–H and O–H groups in total. The first-order chi connectivity index (χ1) is 11.8. The van der Waals surface area contributed by atoms with Gasteiger partial charge in [0.15, 0.2) is 0 Å². The van der Waals surface area contributed by atoms with E-state index in [1.807, 2.05) is 45.9 Å². The van der Waals surface area contributed by atoms with Gasteiger partial charge < -0.3 is 15.4 Å². The van der Waals surface area contributed by atoms with E-state index in [4.69, 9.17) is 0 Å². The fourth-order valence-corrected chi connectivity index (χ4v) is 2.86. The van der Waals surface area contributed by atoms with Crippen molar-refractivity contribution < 1.29 is 9.90 Å². The summed E-state index contributed by atoms with van der Waals surface area (Å²) in [5.41, 5.74) is 4.94. The van der Waals surface area contributed by atoms with E-state index in [2.05, 4.69) is 10.3 Å². The topological polar surface area (TPSA) is 82.2 Å². The van der Waals surface area contributed by atoms with Crippen molar-refractivity contribution in [3.63, 3.8) is 0 Å². The maximum absolute atomic E-state index is 12.5. The molecule has 5 nitrogen and oxygen atoms in total. The van der Waals surface area contributed by atoms with Gasteiger partial charge in [-0.25, -0.2) is 4.79 Å². The molecule has 0 saturated carbocycles. The van der Waals surface area contributed by atoms with Crippen molar-refractivity contribution in [2.45, 2.75) is 27.7 Å². The molecule has 0 atom stereocenters. The molecule has 0 radical (unpaired) electrons. The minimum absolute atomic E-state index is 0.0138. The van der Waals surface area contributed by atoms with Crippen molar-refractivity contribution in [1.29, 1.82) is 0 Å². The molecule has 3 aromatic rings. The fourth-order valence-electron chi connectivity index (χ4n) is 2.86. The second-order valence-electron chi connectivity index (χ2n) is 6.42. The molecule has 128 valence electrons. The number of pyridine rings is 1. The number of hydrogen-bond donors (Lipinski definition) is 3. The zero-order chi connectivity index (χ0) is 18.3. The number of aromatic carboxylic acids is 1. The molecule has 0 fully saturated rings. The number of aryl methyl sites for hydroxylation is 4. The summed E-state index contributed by atoms with van der Waals surface area (Å²) in [5, 5.41) is 13.2. The Balaban J connectivity index is 2.26. The predicted octanol–water partition coefficient (Wildman–Crippen LogP) is 4.20. The van der Waals surface area contributed by atoms with E-state index in [1.165, 1.54) is 0 Å². The van der Waals surface area contributed by atoms with Gasteiger partial charge in [0.2, 0.25) is 0 Å². The van der Waals surface area contributed by atoms with Crippen LogP contribution in [-0.2, 0) is 0 Å². The summed E-state index contributed by atoms with van der Waals surface area (Å²) in [6.07, 6.45) is 0. The molecule has 1 aromatic heterocycles. The molecule has 0 saturated heterocycles. The maximum atomic E-state index is 12.5. The molecule has 25 heavy (non-hydrogen) atoms. The average molecular weight is 336 g/mol. The number of hydrogen-bond acceptors (Lipinski definition) is 3. The molecule has 0 aliphatic heterocycles. The summed E-state index contributed by atoms with van der Waals surface area (Å²) >= 11 is 0. The molecule has 1 heterocycles. The van der Waals surface area contributed by atoms with Crippen molar-refractivity contribution in [3.05, 3.63) is 68.5 Å². The SMILES string of the molecule is Cc1ccc(Nc2c(C(=O)O)c3cc(C)c(C)cc3[nH]c2=O)cc1C. The van der Waals surface area contributed by atoms with E-state index in [-0.39, 0.29) is 11.3 Å². The Morgan fingerprint density at radius 2 is 1.60 bits per heavy atom. The lowest BCUT2D eigenvalue weighted by molar-refractivity contribution is 0.0700. The van der Waals surface area contributed by atoms with Crippen molar-refractivity contribution in [3.8, 4) is 0 Å². The second-order valence-corrected chi connectivity index (χ2v) is 6.42. The number of aromatic nitrogens is 1. The van der Waals surface area contributed by atoms with Gasteiger partial charge in [0.05, 0.1) is 5.56 Å². The largest absolute Gasteiger partial charge is 0.478 e. The van der Waals surface area contributed by atoms with E-state index in [0.29, 0.717) is 16.6 Å². The monoisotopic (exact) mass is 336 g/mol. The minimum Gasteiger partial charge on any atom is -0.478 e. The number of rotatable bonds is 3. The van der Waals surface area contributed by atoms with Crippen molar-refractivity contribution in [1.82, 2.24) is 4.98 Å². The van der Waals surface area contributed by atoms with Gasteiger partial charge in [-0.05, 0) is 74.2 Å². The van der Waals surface area contributed by atoms with Crippen LogP contribution in [-0.4, -0.2) is 16.1 Å². The van der Waals surface area contributed by atoms with Gasteiger partial charge in [-0.1, -0.05) is 6.07 Å². The van der Waals surface area contributed by atoms with Crippen LogP contribution in [0.3, 0.4) is 0 Å². The highest BCUT2D eigenvalue weighted by molar-refractivity contribution is 6.08. The zero-order valence-electron chi connectivity index (χ0n) is 14.7. The van der Waals surface area contributed by atoms with E-state index < -0.39 is 11.5 Å². The third kappa shape index (κ3) is 3.01. The number of carboxylic acid groups (broad SMARTS) is 1. The minimum atomic E-state index is -1.13. The van der Waals surface area contributed by atoms with Crippen LogP contribution in [0.15, 0.2) is 35.1 Å². The van der Waals surface area contributed by atoms with Crippen LogP contribution in [0.1, 0.15) is 32.6 Å². The second kappa shape index (κ2) is 6.09. The molecular formula is C20H20N2O3. The van der Waals surface area contributed by atoms with Crippen molar-refractivity contribution >= 4 is 28.2 Å². The summed E-state index contributed by atoms with van der Waals surface area (Å²) in [5.74, 6) is -1.13. The molecule has 0 amide bonds. The van der Waals surface area contributed by atoms with Gasteiger partial charge >= 0.3 is 5.97 Å². The molecule has 0 spiro atoms. The average Bonchev–Trinajstić information content (AvgIpc) is 2.53. The highest BCUT2D eigenvalue weighted by Crippen LogP contribution is 2.27. The van der Waals surface area contributed by atoms with Crippen LogP contribution in [0.5, 0.6) is 0 Å². The van der Waals surface area contributed by atoms with Gasteiger partial charge in [-0.3, -0.25) is 4.79 Å². The quantitative estimate of drug-likeness (QED) is 0.669. The van der Waals surface area contributed by atoms with E-state index in [0.717, 1.165) is 22.3 Å². The smallest absolute Gasteiger partial charge is 0.338 e. The van der Waals surface area contributed by atoms with Crippen molar-refractivity contribution in [2.24, 2.45) is 0 Å². The molecule has 0 aliphatic carbocycles. The zero-order valence-corrected chi connectivity index (χ0v) is 14.7. The lowest BCUT2D eigenvalue weighted by Gasteiger charge is -2.14. The molecule has 0 bridgehead atoms. The predicted molar refractivity (Wildman–Crippen MR) is 100 cm³/mol. The highest BCUT2D eigenvalue weighted by atomic mass is 16.4. The molecule has 0 aliphatic rings. The van der Waals surface area contributed by atoms with Crippen LogP contribution in [0.25, 0.3) is 10.9 Å². The van der Waals surface area contributed by atoms with Crippen LogP contribution < -0.4 is 10.9 Å². The Bertz CT molecular complexity index is 1060. The third-order valence-corrected chi connectivity index (χ3v) is 4.62. The van der Waals surface area contributed by atoms with Crippen LogP contribution in [0.2, 0.25) is 0 Å². The highest BCUT2D eigenvalue weighted by Gasteiger charge is 2.19. The number of anilines is 2. The number of H-pyrrole nitrogens is 1. The molecule has 0 unspecified atom stereocenters. The standard InChI is InChI=1S/C20H20N2O3/c1-10-5-6-14(7-11(10)2)21-18-17(20(24)25)15-8-12(3)13(4)9-16(15)22-19(18)23/h5-9,21H,1-4H3,(H,22,23)(H,24,25). The number of benzene rings is 2. The lowest BCUT2D eigenvalue weighted by Crippen LogP contribution is -2.18. The van der Waals surface area contributed by atoms with Crippen molar-refractivity contribution in [2.75, 3.05) is 5.32 Å². The first-order valence-corrected chi connectivity index (χ1v) is 8.02. The normalized spacial score (nSPS) is 10.9. The van der Waals surface area contributed by atoms with E-state index in [1.54, 1.807) is 12.1 Å². The summed E-state index contributed by atoms with van der Waals surface area (Å²) in [4.78, 5) is 27.2. The first kappa shape index (κ1) is 16.8. The Kier molecular flexibility index (Phi) is 4.08. The van der Waals surface area contributed by atoms with Gasteiger partial charge in [-0.2, -0.15) is 0 Å². The Hall–Kier alpha value is -3.08. The summed E-state index contributed by atoms with van der Waals surface area (Å²) in [6, 6.07) is 9.26. The van der Waals surface area contributed by atoms with Gasteiger partial charge in [-0.15, -0.1) is 0 Å². The number of nitrogens with one attached hydrogen (secondary N) is 2. The maximum Gasteiger partial charge on any atom is 0.338 e. The Morgan fingerprint density at radius 1 is 0.960 bits per heavy atom. The van der Waals surface area contributed by atoms with Gasteiger partial charge in [0, 0.05) is 16.6 Å². The Labute approximate surface area is 145 Å². The summed E-state index contributed by atoms with van der Waals surface area (Å²) < 4.78 is 0. The number of aromatic amines is 1. The van der Waals surface area contributed by atoms with E-state index in [9.17, 15) is 14.7 Å². The molecule has 3 rings (SSSR count).